The lowest BCUT2D eigenvalue weighted by molar-refractivity contribution is 0.0754. The number of aryl methyl sites for hydroxylation is 1. The summed E-state index contributed by atoms with van der Waals surface area (Å²) in [5.74, 6) is 0.833. The monoisotopic (exact) mass is 395 g/mol. The first-order chi connectivity index (χ1) is 13.7. The van der Waals surface area contributed by atoms with Gasteiger partial charge < -0.3 is 4.90 Å². The first kappa shape index (κ1) is 18.9. The zero-order chi connectivity index (χ0) is 19.5. The van der Waals surface area contributed by atoms with Gasteiger partial charge in [-0.2, -0.15) is 0 Å². The summed E-state index contributed by atoms with van der Waals surface area (Å²) in [6.45, 7) is 3.96. The molecule has 1 aliphatic rings. The highest BCUT2D eigenvalue weighted by molar-refractivity contribution is 7.09. The van der Waals surface area contributed by atoms with Crippen molar-refractivity contribution in [3.8, 4) is 0 Å². The average molecular weight is 396 g/mol. The maximum absolute atomic E-state index is 13.0. The highest BCUT2D eigenvalue weighted by atomic mass is 32.1. The van der Waals surface area contributed by atoms with Crippen molar-refractivity contribution in [1.29, 1.82) is 0 Å². The molecule has 2 aromatic heterocycles. The smallest absolute Gasteiger partial charge is 0.261 e. The quantitative estimate of drug-likeness (QED) is 0.664. The van der Waals surface area contributed by atoms with Crippen LogP contribution in [0.2, 0.25) is 0 Å². The van der Waals surface area contributed by atoms with Crippen LogP contribution in [0, 0.1) is 0 Å². The lowest BCUT2D eigenvalue weighted by Crippen LogP contribution is -2.30. The van der Waals surface area contributed by atoms with E-state index in [9.17, 15) is 9.59 Å². The Hall–Kier alpha value is -2.47. The Morgan fingerprint density at radius 1 is 1.21 bits per heavy atom. The van der Waals surface area contributed by atoms with E-state index in [1.807, 2.05) is 33.9 Å². The summed E-state index contributed by atoms with van der Waals surface area (Å²) in [7, 11) is 0. The van der Waals surface area contributed by atoms with Gasteiger partial charge in [0.15, 0.2) is 0 Å². The van der Waals surface area contributed by atoms with Gasteiger partial charge in [0.2, 0.25) is 0 Å². The van der Waals surface area contributed by atoms with Crippen LogP contribution in [-0.2, 0) is 19.5 Å². The summed E-state index contributed by atoms with van der Waals surface area (Å²) in [6, 6.07) is 9.36. The fourth-order valence-electron chi connectivity index (χ4n) is 3.83. The molecular weight excluding hydrogens is 370 g/mol. The average Bonchev–Trinajstić information content (AvgIpc) is 3.20. The second-order valence-corrected chi connectivity index (χ2v) is 8.31. The predicted octanol–water partition coefficient (Wildman–Crippen LogP) is 4.24. The van der Waals surface area contributed by atoms with Crippen LogP contribution in [0.3, 0.4) is 0 Å². The van der Waals surface area contributed by atoms with Gasteiger partial charge in [0, 0.05) is 30.0 Å². The van der Waals surface area contributed by atoms with Gasteiger partial charge in [0.05, 0.1) is 17.4 Å². The van der Waals surface area contributed by atoms with Gasteiger partial charge in [-0.25, -0.2) is 4.98 Å². The second kappa shape index (κ2) is 8.27. The summed E-state index contributed by atoms with van der Waals surface area (Å²) >= 11 is 1.65. The van der Waals surface area contributed by atoms with E-state index in [4.69, 9.17) is 4.98 Å². The van der Waals surface area contributed by atoms with E-state index in [1.54, 1.807) is 29.5 Å². The van der Waals surface area contributed by atoms with Crippen LogP contribution >= 0.6 is 11.3 Å². The summed E-state index contributed by atoms with van der Waals surface area (Å²) in [6.07, 6.45) is 5.24. The van der Waals surface area contributed by atoms with Gasteiger partial charge in [-0.1, -0.05) is 18.9 Å². The number of hydrogen-bond acceptors (Lipinski definition) is 4. The zero-order valence-electron chi connectivity index (χ0n) is 16.2. The van der Waals surface area contributed by atoms with Crippen molar-refractivity contribution in [2.75, 3.05) is 6.54 Å². The first-order valence-electron chi connectivity index (χ1n) is 10.0. The SMILES string of the molecule is CCN(Cc1cccs1)C(=O)c1ccc2c(=O)n3c(nc2c1)CCCCCC3. The molecular formula is C22H25N3O2S. The van der Waals surface area contributed by atoms with Gasteiger partial charge in [-0.3, -0.25) is 14.2 Å². The van der Waals surface area contributed by atoms with E-state index in [0.29, 0.717) is 29.6 Å². The van der Waals surface area contributed by atoms with Crippen LogP contribution in [0.25, 0.3) is 10.9 Å². The van der Waals surface area contributed by atoms with Gasteiger partial charge in [0.25, 0.3) is 11.5 Å². The lowest BCUT2D eigenvalue weighted by Gasteiger charge is -2.21. The summed E-state index contributed by atoms with van der Waals surface area (Å²) < 4.78 is 1.83. The topological polar surface area (TPSA) is 55.2 Å². The summed E-state index contributed by atoms with van der Waals surface area (Å²) in [5.41, 5.74) is 1.25. The van der Waals surface area contributed by atoms with Gasteiger partial charge in [-0.15, -0.1) is 11.3 Å². The third-order valence-corrected chi connectivity index (χ3v) is 6.27. The molecule has 0 aliphatic carbocycles. The van der Waals surface area contributed by atoms with E-state index >= 15 is 0 Å². The molecule has 146 valence electrons. The van der Waals surface area contributed by atoms with Crippen LogP contribution in [0.4, 0.5) is 0 Å². The highest BCUT2D eigenvalue weighted by Gasteiger charge is 2.18. The Morgan fingerprint density at radius 2 is 2.07 bits per heavy atom. The normalized spacial score (nSPS) is 14.3. The van der Waals surface area contributed by atoms with E-state index in [-0.39, 0.29) is 11.5 Å². The Labute approximate surface area is 168 Å². The number of carbonyl (C=O) groups excluding carboxylic acids is 1. The summed E-state index contributed by atoms with van der Waals surface area (Å²) in [4.78, 5) is 33.8. The molecule has 0 bridgehead atoms. The van der Waals surface area contributed by atoms with Crippen molar-refractivity contribution < 1.29 is 4.79 Å². The third kappa shape index (κ3) is 3.74. The number of nitrogens with zero attached hydrogens (tertiary/aromatic N) is 3. The molecule has 0 fully saturated rings. The molecule has 4 rings (SSSR count). The minimum absolute atomic E-state index is 0.0202. The number of aromatic nitrogens is 2. The standard InChI is InChI=1S/C22H25N3O2S/c1-2-24(15-17-8-7-13-28-17)21(26)16-10-11-18-19(14-16)23-20-9-5-3-4-6-12-25(20)22(18)27/h7-8,10-11,13-14H,2-6,9,12,15H2,1H3. The zero-order valence-corrected chi connectivity index (χ0v) is 17.0. The molecule has 3 heterocycles. The van der Waals surface area contributed by atoms with E-state index in [1.165, 1.54) is 6.42 Å². The van der Waals surface area contributed by atoms with Crippen LogP contribution < -0.4 is 5.56 Å². The van der Waals surface area contributed by atoms with Crippen molar-refractivity contribution in [1.82, 2.24) is 14.5 Å². The molecule has 5 nitrogen and oxygen atoms in total. The Balaban J connectivity index is 1.69. The molecule has 0 atom stereocenters. The number of amides is 1. The lowest BCUT2D eigenvalue weighted by atomic mass is 10.1. The second-order valence-electron chi connectivity index (χ2n) is 7.28. The van der Waals surface area contributed by atoms with Crippen LogP contribution in [-0.4, -0.2) is 26.9 Å². The molecule has 6 heteroatoms. The molecule has 1 aromatic carbocycles. The van der Waals surface area contributed by atoms with Gasteiger partial charge >= 0.3 is 0 Å². The fourth-order valence-corrected chi connectivity index (χ4v) is 4.55. The predicted molar refractivity (Wildman–Crippen MR) is 113 cm³/mol. The van der Waals surface area contributed by atoms with Crippen molar-refractivity contribution in [2.45, 2.75) is 52.1 Å². The number of fused-ring (bicyclic) bond motifs is 2. The Kier molecular flexibility index (Phi) is 5.57. The number of thiophene rings is 1. The Morgan fingerprint density at radius 3 is 2.86 bits per heavy atom. The number of rotatable bonds is 4. The molecule has 0 unspecified atom stereocenters. The first-order valence-corrected chi connectivity index (χ1v) is 10.9. The van der Waals surface area contributed by atoms with Crippen molar-refractivity contribution in [3.63, 3.8) is 0 Å². The molecule has 0 spiro atoms. The minimum atomic E-state index is -0.0218. The molecule has 0 N–H and O–H groups in total. The number of benzene rings is 1. The van der Waals surface area contributed by atoms with Gasteiger partial charge in [-0.05, 0) is 49.4 Å². The van der Waals surface area contributed by atoms with Crippen LogP contribution in [0.1, 0.15) is 53.7 Å². The van der Waals surface area contributed by atoms with Crippen molar-refractivity contribution >= 4 is 28.1 Å². The molecule has 0 saturated heterocycles. The summed E-state index contributed by atoms with van der Waals surface area (Å²) in [5, 5.41) is 2.62. The largest absolute Gasteiger partial charge is 0.334 e. The number of carbonyl (C=O) groups is 1. The molecule has 0 saturated carbocycles. The van der Waals surface area contributed by atoms with Crippen molar-refractivity contribution in [3.05, 3.63) is 62.3 Å². The highest BCUT2D eigenvalue weighted by Crippen LogP contribution is 2.19. The van der Waals surface area contributed by atoms with E-state index in [0.717, 1.165) is 42.9 Å². The van der Waals surface area contributed by atoms with E-state index < -0.39 is 0 Å². The van der Waals surface area contributed by atoms with Crippen LogP contribution in [0.15, 0.2) is 40.5 Å². The molecule has 1 amide bonds. The maximum atomic E-state index is 13.0. The molecule has 0 radical (unpaired) electrons. The van der Waals surface area contributed by atoms with E-state index in [2.05, 4.69) is 0 Å². The Bertz CT molecular complexity index is 1040. The maximum Gasteiger partial charge on any atom is 0.261 e. The third-order valence-electron chi connectivity index (χ3n) is 5.41. The molecule has 3 aromatic rings. The molecule has 28 heavy (non-hydrogen) atoms. The fraction of sp³-hybridized carbons (Fsp3) is 0.409. The van der Waals surface area contributed by atoms with Gasteiger partial charge in [0.1, 0.15) is 5.82 Å². The number of hydrogen-bond donors (Lipinski definition) is 0. The minimum Gasteiger partial charge on any atom is -0.334 e. The van der Waals surface area contributed by atoms with Crippen LogP contribution in [0.5, 0.6) is 0 Å². The molecule has 1 aliphatic heterocycles. The van der Waals surface area contributed by atoms with Crippen molar-refractivity contribution in [2.24, 2.45) is 0 Å².